The molecular weight excluding hydrogens is 463 g/mol. The maximum atomic E-state index is 13.0. The van der Waals surface area contributed by atoms with Crippen LogP contribution in [0.5, 0.6) is 11.6 Å². The first kappa shape index (κ1) is 22.3. The van der Waals surface area contributed by atoms with Gasteiger partial charge in [0.05, 0.1) is 23.7 Å². The summed E-state index contributed by atoms with van der Waals surface area (Å²) >= 11 is 0. The smallest absolute Gasteiger partial charge is 0.416 e. The van der Waals surface area contributed by atoms with E-state index >= 15 is 0 Å². The first-order valence-corrected chi connectivity index (χ1v) is 10.6. The molecule has 3 heterocycles. The topological polar surface area (TPSA) is 98.1 Å². The van der Waals surface area contributed by atoms with E-state index in [4.69, 9.17) is 4.74 Å². The number of ether oxygens (including phenoxy) is 1. The molecule has 0 aliphatic carbocycles. The molecule has 0 saturated heterocycles. The van der Waals surface area contributed by atoms with Gasteiger partial charge in [-0.1, -0.05) is 6.07 Å². The number of fused-ring (bicyclic) bond motifs is 1. The quantitative estimate of drug-likeness (QED) is 0.450. The molecule has 0 saturated carbocycles. The van der Waals surface area contributed by atoms with E-state index in [1.165, 1.54) is 28.2 Å². The molecule has 4 aromatic rings. The van der Waals surface area contributed by atoms with Crippen molar-refractivity contribution in [3.63, 3.8) is 0 Å². The maximum absolute atomic E-state index is 13.0. The number of carbonyl (C=O) groups excluding carboxylic acids is 1. The van der Waals surface area contributed by atoms with Crippen molar-refractivity contribution < 1.29 is 22.7 Å². The number of carbonyl (C=O) groups is 1. The number of hydrogen-bond donors (Lipinski definition) is 1. The van der Waals surface area contributed by atoms with Crippen LogP contribution in [0.1, 0.15) is 16.8 Å². The first-order chi connectivity index (χ1) is 16.8. The number of nitrogens with zero attached hydrogens (tertiary/aromatic N) is 6. The number of aromatic nitrogens is 5. The number of benzene rings is 2. The molecule has 1 N–H and O–H groups in total. The van der Waals surface area contributed by atoms with Gasteiger partial charge < -0.3 is 10.1 Å². The fourth-order valence-corrected chi connectivity index (χ4v) is 3.73. The van der Waals surface area contributed by atoms with E-state index in [1.54, 1.807) is 30.6 Å². The number of urea groups is 1. The Morgan fingerprint density at radius 2 is 1.89 bits per heavy atom. The highest BCUT2D eigenvalue weighted by Crippen LogP contribution is 2.34. The van der Waals surface area contributed by atoms with Gasteiger partial charge in [0.25, 0.3) is 0 Å². The molecule has 178 valence electrons. The van der Waals surface area contributed by atoms with Gasteiger partial charge in [0.2, 0.25) is 5.88 Å². The van der Waals surface area contributed by atoms with Crippen LogP contribution >= 0.6 is 0 Å². The van der Waals surface area contributed by atoms with E-state index in [0.717, 1.165) is 17.7 Å². The molecule has 2 aromatic heterocycles. The number of hydrogen-bond acceptors (Lipinski definition) is 6. The van der Waals surface area contributed by atoms with Crippen molar-refractivity contribution in [2.24, 2.45) is 0 Å². The third-order valence-electron chi connectivity index (χ3n) is 5.32. The summed E-state index contributed by atoms with van der Waals surface area (Å²) in [5.74, 6) is 0.880. The van der Waals surface area contributed by atoms with E-state index in [0.29, 0.717) is 42.5 Å². The van der Waals surface area contributed by atoms with E-state index in [-0.39, 0.29) is 5.69 Å². The molecule has 0 radical (unpaired) electrons. The third-order valence-corrected chi connectivity index (χ3v) is 5.32. The molecule has 12 heteroatoms. The molecule has 0 unspecified atom stereocenters. The molecule has 35 heavy (non-hydrogen) atoms. The summed E-state index contributed by atoms with van der Waals surface area (Å²) in [5, 5.41) is 10.6. The van der Waals surface area contributed by atoms with Gasteiger partial charge in [-0.05, 0) is 48.4 Å². The lowest BCUT2D eigenvalue weighted by Crippen LogP contribution is -2.33. The zero-order chi connectivity index (χ0) is 24.4. The van der Waals surface area contributed by atoms with Gasteiger partial charge in [-0.3, -0.25) is 4.90 Å². The van der Waals surface area contributed by atoms with E-state index < -0.39 is 17.8 Å². The molecule has 5 rings (SSSR count). The lowest BCUT2D eigenvalue weighted by Gasteiger charge is -2.19. The van der Waals surface area contributed by atoms with Crippen molar-refractivity contribution in [2.75, 3.05) is 16.8 Å². The molecule has 0 spiro atoms. The molecule has 2 amide bonds. The number of alkyl halides is 3. The monoisotopic (exact) mass is 481 g/mol. The largest absolute Gasteiger partial charge is 0.439 e. The Kier molecular flexibility index (Phi) is 5.77. The summed E-state index contributed by atoms with van der Waals surface area (Å²) in [7, 11) is 0. The Bertz CT molecular complexity index is 1360. The summed E-state index contributed by atoms with van der Waals surface area (Å²) in [6.07, 6.45) is 0.625. The van der Waals surface area contributed by atoms with Crippen LogP contribution in [0.25, 0.3) is 0 Å². The van der Waals surface area contributed by atoms with Crippen molar-refractivity contribution in [1.29, 1.82) is 0 Å². The third kappa shape index (κ3) is 5.05. The Morgan fingerprint density at radius 1 is 1.06 bits per heavy atom. The molecule has 0 bridgehead atoms. The van der Waals surface area contributed by atoms with Crippen LogP contribution in [0.2, 0.25) is 0 Å². The van der Waals surface area contributed by atoms with Crippen molar-refractivity contribution in [3.8, 4) is 11.6 Å². The predicted octanol–water partition coefficient (Wildman–Crippen LogP) is 4.52. The molecule has 0 atom stereocenters. The minimum absolute atomic E-state index is 0.0723. The number of rotatable bonds is 5. The first-order valence-electron chi connectivity index (χ1n) is 10.6. The van der Waals surface area contributed by atoms with Crippen LogP contribution in [0.4, 0.5) is 29.3 Å². The van der Waals surface area contributed by atoms with Gasteiger partial charge in [-0.25, -0.2) is 14.8 Å². The Morgan fingerprint density at radius 3 is 2.69 bits per heavy atom. The highest BCUT2D eigenvalue weighted by Gasteiger charge is 2.31. The van der Waals surface area contributed by atoms with Gasteiger partial charge in [0.1, 0.15) is 18.6 Å². The zero-order valence-electron chi connectivity index (χ0n) is 18.1. The van der Waals surface area contributed by atoms with Crippen molar-refractivity contribution in [1.82, 2.24) is 25.0 Å². The van der Waals surface area contributed by atoms with Crippen LogP contribution in [0.15, 0.2) is 67.3 Å². The summed E-state index contributed by atoms with van der Waals surface area (Å²) in [6, 6.07) is 11.0. The molecule has 9 nitrogen and oxygen atoms in total. The molecular formula is C23H18F3N7O2. The van der Waals surface area contributed by atoms with Crippen molar-refractivity contribution in [3.05, 3.63) is 84.1 Å². The highest BCUT2D eigenvalue weighted by molar-refractivity contribution is 6.03. The number of nitrogens with one attached hydrogen (secondary N) is 1. The summed E-state index contributed by atoms with van der Waals surface area (Å²) in [6.45, 7) is 0.754. The van der Waals surface area contributed by atoms with Crippen LogP contribution < -0.4 is 15.0 Å². The van der Waals surface area contributed by atoms with Crippen LogP contribution in [0, 0.1) is 0 Å². The fraction of sp³-hybridized carbons (Fsp3) is 0.174. The van der Waals surface area contributed by atoms with Gasteiger partial charge >= 0.3 is 12.2 Å². The minimum atomic E-state index is -4.49. The van der Waals surface area contributed by atoms with E-state index in [2.05, 4.69) is 25.5 Å². The molecule has 0 fully saturated rings. The zero-order valence-corrected chi connectivity index (χ0v) is 18.1. The van der Waals surface area contributed by atoms with Crippen LogP contribution in [0.3, 0.4) is 0 Å². The second-order valence-electron chi connectivity index (χ2n) is 7.71. The standard InChI is InChI=1S/C23H18F3N7O2/c24-23(25,26)16-2-1-3-17(11-16)31-22(34)32-9-6-15-10-19(4-5-20(15)32)35-21-12-18(27-14-28-21)13-33-29-7-8-30-33/h1-5,7-8,10-12,14H,6,9,13H2,(H,31,34). The molecule has 1 aliphatic rings. The Balaban J connectivity index is 1.27. The Labute approximate surface area is 197 Å². The predicted molar refractivity (Wildman–Crippen MR) is 119 cm³/mol. The fourth-order valence-electron chi connectivity index (χ4n) is 3.73. The average molecular weight is 481 g/mol. The average Bonchev–Trinajstić information content (AvgIpc) is 3.48. The van der Waals surface area contributed by atoms with E-state index in [1.807, 2.05) is 6.07 Å². The lowest BCUT2D eigenvalue weighted by molar-refractivity contribution is -0.137. The number of halogens is 3. The number of anilines is 2. The van der Waals surface area contributed by atoms with Gasteiger partial charge in [-0.15, -0.1) is 0 Å². The summed E-state index contributed by atoms with van der Waals surface area (Å²) in [5.41, 5.74) is 1.45. The van der Waals surface area contributed by atoms with Crippen molar-refractivity contribution >= 4 is 17.4 Å². The highest BCUT2D eigenvalue weighted by atomic mass is 19.4. The molecule has 2 aromatic carbocycles. The SMILES string of the molecule is O=C(Nc1cccc(C(F)(F)F)c1)N1CCc2cc(Oc3cc(Cn4nccn4)ncn3)ccc21. The van der Waals surface area contributed by atoms with E-state index in [9.17, 15) is 18.0 Å². The summed E-state index contributed by atoms with van der Waals surface area (Å²) < 4.78 is 44.7. The second-order valence-corrected chi connectivity index (χ2v) is 7.71. The Hall–Kier alpha value is -4.48. The second kappa shape index (κ2) is 9.05. The lowest BCUT2D eigenvalue weighted by atomic mass is 10.1. The minimum Gasteiger partial charge on any atom is -0.439 e. The maximum Gasteiger partial charge on any atom is 0.416 e. The number of amides is 2. The van der Waals surface area contributed by atoms with Gasteiger partial charge in [0.15, 0.2) is 0 Å². The van der Waals surface area contributed by atoms with Gasteiger partial charge in [0, 0.05) is 24.0 Å². The van der Waals surface area contributed by atoms with Gasteiger partial charge in [-0.2, -0.15) is 28.2 Å². The van der Waals surface area contributed by atoms with Crippen LogP contribution in [-0.2, 0) is 19.1 Å². The normalized spacial score (nSPS) is 12.9. The summed E-state index contributed by atoms with van der Waals surface area (Å²) in [4.78, 5) is 24.1. The van der Waals surface area contributed by atoms with Crippen molar-refractivity contribution in [2.45, 2.75) is 19.1 Å². The van der Waals surface area contributed by atoms with Crippen LogP contribution in [-0.4, -0.2) is 37.5 Å². The molecule has 1 aliphatic heterocycles.